The van der Waals surface area contributed by atoms with E-state index in [-0.39, 0.29) is 0 Å². The molecule has 0 N–H and O–H groups in total. The second-order valence-electron chi connectivity index (χ2n) is 3.67. The maximum atomic E-state index is 6.09. The van der Waals surface area contributed by atoms with Gasteiger partial charge in [0.05, 0.1) is 22.6 Å². The molecule has 0 radical (unpaired) electrons. The first-order chi connectivity index (χ1) is 6.68. The Morgan fingerprint density at radius 1 is 1.71 bits per heavy atom. The van der Waals surface area contributed by atoms with Crippen molar-refractivity contribution >= 4 is 38.9 Å². The Kier molecular flexibility index (Phi) is 3.53. The highest BCUT2D eigenvalue weighted by molar-refractivity contribution is 9.09. The summed E-state index contributed by atoms with van der Waals surface area (Å²) in [4.78, 5) is 1.58. The summed E-state index contributed by atoms with van der Waals surface area (Å²) in [6, 6.07) is 1.95. The van der Waals surface area contributed by atoms with E-state index in [9.17, 15) is 0 Å². The molecule has 1 fully saturated rings. The van der Waals surface area contributed by atoms with Gasteiger partial charge < -0.3 is 4.74 Å². The van der Waals surface area contributed by atoms with Crippen LogP contribution in [0.25, 0.3) is 0 Å². The van der Waals surface area contributed by atoms with E-state index in [1.165, 1.54) is 4.88 Å². The first-order valence-corrected chi connectivity index (χ1v) is 6.84. The van der Waals surface area contributed by atoms with Crippen LogP contribution in [0.5, 0.6) is 0 Å². The van der Waals surface area contributed by atoms with E-state index in [4.69, 9.17) is 16.3 Å². The van der Waals surface area contributed by atoms with Crippen LogP contribution >= 0.6 is 38.9 Å². The molecule has 3 atom stereocenters. The van der Waals surface area contributed by atoms with E-state index in [0.29, 0.717) is 16.8 Å². The molecule has 1 nitrogen and oxygen atoms in total. The summed E-state index contributed by atoms with van der Waals surface area (Å²) < 4.78 is 5.56. The number of hydrogen-bond donors (Lipinski definition) is 0. The Morgan fingerprint density at radius 2 is 2.50 bits per heavy atom. The number of rotatable bonds is 2. The summed E-state index contributed by atoms with van der Waals surface area (Å²) in [6.07, 6.45) is 1.50. The fourth-order valence-electron chi connectivity index (χ4n) is 1.77. The molecule has 0 bridgehead atoms. The molecule has 1 aromatic heterocycles. The third-order valence-electron chi connectivity index (χ3n) is 2.54. The minimum atomic E-state index is 0.347. The van der Waals surface area contributed by atoms with E-state index in [1.807, 2.05) is 11.4 Å². The topological polar surface area (TPSA) is 9.23 Å². The smallest absolute Gasteiger partial charge is 0.0556 e. The van der Waals surface area contributed by atoms with Gasteiger partial charge in [-0.25, -0.2) is 0 Å². The van der Waals surface area contributed by atoms with Crippen LogP contribution in [-0.2, 0) is 4.74 Å². The van der Waals surface area contributed by atoms with E-state index in [0.717, 1.165) is 18.1 Å². The zero-order valence-electron chi connectivity index (χ0n) is 7.87. The second-order valence-corrected chi connectivity index (χ2v) is 6.02. The Labute approximate surface area is 102 Å². The lowest BCUT2D eigenvalue weighted by molar-refractivity contribution is 0.120. The van der Waals surface area contributed by atoms with Gasteiger partial charge in [0.1, 0.15) is 0 Å². The van der Waals surface area contributed by atoms with Gasteiger partial charge in [-0.2, -0.15) is 0 Å². The highest BCUT2D eigenvalue weighted by atomic mass is 79.9. The zero-order chi connectivity index (χ0) is 10.1. The Bertz CT molecular complexity index is 315. The average molecular weight is 296 g/mol. The van der Waals surface area contributed by atoms with Crippen molar-refractivity contribution in [1.82, 2.24) is 0 Å². The van der Waals surface area contributed by atoms with Crippen molar-refractivity contribution in [2.75, 3.05) is 6.61 Å². The largest absolute Gasteiger partial charge is 0.378 e. The van der Waals surface area contributed by atoms with Crippen LogP contribution in [0, 0.1) is 5.92 Å². The third-order valence-corrected chi connectivity index (χ3v) is 5.49. The third kappa shape index (κ3) is 2.16. The molecule has 0 aliphatic carbocycles. The number of hydrogen-bond acceptors (Lipinski definition) is 2. The lowest BCUT2D eigenvalue weighted by atomic mass is 10.0. The summed E-state index contributed by atoms with van der Waals surface area (Å²) in [5.74, 6) is 0.557. The molecule has 3 unspecified atom stereocenters. The molecular weight excluding hydrogens is 284 g/mol. The molecule has 0 amide bonds. The Hall–Kier alpha value is 0.430. The second kappa shape index (κ2) is 4.52. The van der Waals surface area contributed by atoms with E-state index in [2.05, 4.69) is 22.9 Å². The van der Waals surface area contributed by atoms with Gasteiger partial charge in [0.25, 0.3) is 0 Å². The Balaban J connectivity index is 2.09. The summed E-state index contributed by atoms with van der Waals surface area (Å²) in [7, 11) is 0. The Morgan fingerprint density at radius 3 is 3.00 bits per heavy atom. The molecule has 0 aromatic carbocycles. The lowest BCUT2D eigenvalue weighted by Gasteiger charge is -2.14. The maximum Gasteiger partial charge on any atom is 0.0556 e. The SMILES string of the molecule is CC1CC(C(Br)c2sccc2Cl)CO1. The van der Waals surface area contributed by atoms with E-state index < -0.39 is 0 Å². The quantitative estimate of drug-likeness (QED) is 0.741. The molecule has 0 spiro atoms. The van der Waals surface area contributed by atoms with Crippen molar-refractivity contribution < 1.29 is 4.74 Å². The van der Waals surface area contributed by atoms with Gasteiger partial charge in [-0.05, 0) is 24.8 Å². The zero-order valence-corrected chi connectivity index (χ0v) is 11.0. The molecule has 2 heterocycles. The van der Waals surface area contributed by atoms with E-state index >= 15 is 0 Å². The van der Waals surface area contributed by atoms with Crippen molar-refractivity contribution in [3.63, 3.8) is 0 Å². The number of ether oxygens (including phenoxy) is 1. The number of alkyl halides is 1. The minimum absolute atomic E-state index is 0.347. The van der Waals surface area contributed by atoms with Gasteiger partial charge in [-0.15, -0.1) is 11.3 Å². The lowest BCUT2D eigenvalue weighted by Crippen LogP contribution is -2.06. The summed E-state index contributed by atoms with van der Waals surface area (Å²) in [6.45, 7) is 2.96. The van der Waals surface area contributed by atoms with Gasteiger partial charge in [-0.3, -0.25) is 0 Å². The number of halogens is 2. The molecule has 1 aliphatic heterocycles. The fraction of sp³-hybridized carbons (Fsp3) is 0.600. The monoisotopic (exact) mass is 294 g/mol. The predicted octanol–water partition coefficient (Wildman–Crippen LogP) is 4.26. The van der Waals surface area contributed by atoms with Crippen LogP contribution < -0.4 is 0 Å². The molecule has 1 aliphatic rings. The van der Waals surface area contributed by atoms with Crippen LogP contribution in [0.4, 0.5) is 0 Å². The van der Waals surface area contributed by atoms with Crippen molar-refractivity contribution in [3.05, 3.63) is 21.3 Å². The molecule has 4 heteroatoms. The standard InChI is InChI=1S/C10H12BrClOS/c1-6-4-7(5-13-6)9(11)10-8(12)2-3-14-10/h2-3,6-7,9H,4-5H2,1H3. The fourth-order valence-corrected chi connectivity index (χ4v) is 4.08. The molecule has 14 heavy (non-hydrogen) atoms. The van der Waals surface area contributed by atoms with Crippen LogP contribution in [0.1, 0.15) is 23.0 Å². The summed E-state index contributed by atoms with van der Waals surface area (Å²) in [5.41, 5.74) is 0. The highest BCUT2D eigenvalue weighted by Gasteiger charge is 2.30. The van der Waals surface area contributed by atoms with E-state index in [1.54, 1.807) is 11.3 Å². The molecule has 1 saturated heterocycles. The van der Waals surface area contributed by atoms with Gasteiger partial charge in [0.15, 0.2) is 0 Å². The number of thiophene rings is 1. The van der Waals surface area contributed by atoms with Crippen molar-refractivity contribution in [2.45, 2.75) is 24.3 Å². The average Bonchev–Trinajstić information content (AvgIpc) is 2.73. The van der Waals surface area contributed by atoms with Crippen molar-refractivity contribution in [1.29, 1.82) is 0 Å². The van der Waals surface area contributed by atoms with Gasteiger partial charge in [-0.1, -0.05) is 27.5 Å². The normalized spacial score (nSPS) is 29.4. The summed E-state index contributed by atoms with van der Waals surface area (Å²) in [5, 5.41) is 2.90. The maximum absolute atomic E-state index is 6.09. The molecule has 1 aromatic rings. The first-order valence-electron chi connectivity index (χ1n) is 4.67. The molecule has 0 saturated carbocycles. The molecule has 2 rings (SSSR count). The first kappa shape index (κ1) is 10.9. The molecular formula is C10H12BrClOS. The summed E-state index contributed by atoms with van der Waals surface area (Å²) >= 11 is 11.5. The highest BCUT2D eigenvalue weighted by Crippen LogP contribution is 2.42. The van der Waals surface area contributed by atoms with Crippen LogP contribution in [-0.4, -0.2) is 12.7 Å². The van der Waals surface area contributed by atoms with Gasteiger partial charge in [0, 0.05) is 10.8 Å². The van der Waals surface area contributed by atoms with Crippen molar-refractivity contribution in [2.24, 2.45) is 5.92 Å². The minimum Gasteiger partial charge on any atom is -0.378 e. The molecule has 78 valence electrons. The van der Waals surface area contributed by atoms with Gasteiger partial charge in [0.2, 0.25) is 0 Å². The van der Waals surface area contributed by atoms with Crippen LogP contribution in [0.15, 0.2) is 11.4 Å². The van der Waals surface area contributed by atoms with Crippen molar-refractivity contribution in [3.8, 4) is 0 Å². The van der Waals surface area contributed by atoms with Crippen LogP contribution in [0.2, 0.25) is 5.02 Å². The predicted molar refractivity (Wildman–Crippen MR) is 64.5 cm³/mol. The van der Waals surface area contributed by atoms with Gasteiger partial charge >= 0.3 is 0 Å². The van der Waals surface area contributed by atoms with Crippen LogP contribution in [0.3, 0.4) is 0 Å².